The van der Waals surface area contributed by atoms with Crippen molar-refractivity contribution in [1.29, 1.82) is 0 Å². The van der Waals surface area contributed by atoms with E-state index in [1.165, 1.54) is 22.8 Å². The third-order valence-electron chi connectivity index (χ3n) is 5.72. The topological polar surface area (TPSA) is 76.5 Å². The Hall–Kier alpha value is -4.53. The lowest BCUT2D eigenvalue weighted by Gasteiger charge is -2.14. The minimum atomic E-state index is -4.54. The lowest BCUT2D eigenvalue weighted by molar-refractivity contribution is -0.137. The number of aromatic amines is 1. The van der Waals surface area contributed by atoms with E-state index in [-0.39, 0.29) is 5.69 Å². The molecule has 0 bridgehead atoms. The van der Waals surface area contributed by atoms with Crippen LogP contribution < -0.4 is 5.56 Å². The van der Waals surface area contributed by atoms with Crippen LogP contribution in [0.25, 0.3) is 49.9 Å². The predicted molar refractivity (Wildman–Crippen MR) is 123 cm³/mol. The Morgan fingerprint density at radius 1 is 0.941 bits per heavy atom. The van der Waals surface area contributed by atoms with E-state index in [2.05, 4.69) is 15.0 Å². The molecule has 0 aliphatic rings. The fourth-order valence-corrected chi connectivity index (χ4v) is 4.17. The summed E-state index contributed by atoms with van der Waals surface area (Å²) >= 11 is 0. The highest BCUT2D eigenvalue weighted by atomic mass is 19.4. The van der Waals surface area contributed by atoms with Crippen molar-refractivity contribution in [2.75, 3.05) is 0 Å². The number of fused-ring (bicyclic) bond motifs is 4. The Morgan fingerprint density at radius 3 is 2.68 bits per heavy atom. The van der Waals surface area contributed by atoms with Crippen LogP contribution in [0.2, 0.25) is 0 Å². The molecule has 34 heavy (non-hydrogen) atoms. The van der Waals surface area contributed by atoms with Crippen LogP contribution in [-0.2, 0) is 6.18 Å². The van der Waals surface area contributed by atoms with E-state index in [4.69, 9.17) is 4.98 Å². The van der Waals surface area contributed by atoms with Crippen LogP contribution in [0.1, 0.15) is 5.56 Å². The molecule has 1 N–H and O–H groups in total. The zero-order valence-corrected chi connectivity index (χ0v) is 17.3. The largest absolute Gasteiger partial charge is 0.416 e. The number of rotatable bonds is 2. The first-order valence-electron chi connectivity index (χ1n) is 10.3. The van der Waals surface area contributed by atoms with Crippen LogP contribution >= 0.6 is 0 Å². The maximum Gasteiger partial charge on any atom is 0.416 e. The molecule has 0 unspecified atom stereocenters. The fourth-order valence-electron chi connectivity index (χ4n) is 4.17. The standard InChI is InChI=1S/C25H14F3N5O/c26-25(27,28)15-3-1-4-16(11-15)33-21(34)9-6-14-12-30-20-8-7-19(32-22(20)23(14)33)18-13-31-24-17(18)5-2-10-29-24/h1-13H,(H,29,31). The number of alkyl halides is 3. The molecule has 0 amide bonds. The summed E-state index contributed by atoms with van der Waals surface area (Å²) in [5.74, 6) is 0. The van der Waals surface area contributed by atoms with Gasteiger partial charge in [0.1, 0.15) is 11.2 Å². The Balaban J connectivity index is 1.68. The number of hydrogen-bond acceptors (Lipinski definition) is 4. The highest BCUT2D eigenvalue weighted by Gasteiger charge is 2.30. The third-order valence-corrected chi connectivity index (χ3v) is 5.72. The van der Waals surface area contributed by atoms with Crippen molar-refractivity contribution in [3.8, 4) is 16.9 Å². The van der Waals surface area contributed by atoms with Crippen LogP contribution in [0.3, 0.4) is 0 Å². The van der Waals surface area contributed by atoms with Crippen LogP contribution in [0.15, 0.2) is 84.0 Å². The third kappa shape index (κ3) is 3.13. The van der Waals surface area contributed by atoms with Gasteiger partial charge >= 0.3 is 6.18 Å². The molecule has 0 saturated heterocycles. The number of hydrogen-bond donors (Lipinski definition) is 1. The molecule has 0 radical (unpaired) electrons. The van der Waals surface area contributed by atoms with Gasteiger partial charge in [-0.3, -0.25) is 14.3 Å². The van der Waals surface area contributed by atoms with E-state index in [0.29, 0.717) is 33.3 Å². The smallest absolute Gasteiger partial charge is 0.345 e. The lowest BCUT2D eigenvalue weighted by Crippen LogP contribution is -2.18. The summed E-state index contributed by atoms with van der Waals surface area (Å²) in [4.78, 5) is 29.6. The first-order valence-corrected chi connectivity index (χ1v) is 10.3. The number of aromatic nitrogens is 5. The molecule has 1 aromatic carbocycles. The summed E-state index contributed by atoms with van der Waals surface area (Å²) in [7, 11) is 0. The number of nitrogens with zero attached hydrogens (tertiary/aromatic N) is 4. The highest BCUT2D eigenvalue weighted by molar-refractivity contribution is 6.03. The molecule has 0 saturated carbocycles. The molecule has 6 nitrogen and oxygen atoms in total. The van der Waals surface area contributed by atoms with Gasteiger partial charge in [0.25, 0.3) is 5.56 Å². The van der Waals surface area contributed by atoms with E-state index in [1.54, 1.807) is 30.7 Å². The minimum Gasteiger partial charge on any atom is -0.345 e. The molecule has 0 atom stereocenters. The summed E-state index contributed by atoms with van der Waals surface area (Å²) in [6, 6.07) is 14.9. The van der Waals surface area contributed by atoms with Crippen molar-refractivity contribution in [2.24, 2.45) is 0 Å². The second kappa shape index (κ2) is 7.24. The van der Waals surface area contributed by atoms with E-state index in [0.717, 1.165) is 23.1 Å². The van der Waals surface area contributed by atoms with Gasteiger partial charge in [-0.05, 0) is 48.5 Å². The van der Waals surface area contributed by atoms with Gasteiger partial charge in [-0.25, -0.2) is 9.97 Å². The molecule has 0 aliphatic carbocycles. The van der Waals surface area contributed by atoms with Crippen molar-refractivity contribution < 1.29 is 13.2 Å². The normalized spacial score (nSPS) is 12.1. The number of H-pyrrole nitrogens is 1. The number of benzene rings is 1. The van der Waals surface area contributed by atoms with E-state index < -0.39 is 17.3 Å². The van der Waals surface area contributed by atoms with Crippen molar-refractivity contribution in [1.82, 2.24) is 24.5 Å². The first kappa shape index (κ1) is 20.1. The predicted octanol–water partition coefficient (Wildman–Crippen LogP) is 5.50. The Labute approximate surface area is 189 Å². The molecule has 5 aromatic heterocycles. The minimum absolute atomic E-state index is 0.0985. The van der Waals surface area contributed by atoms with Gasteiger partial charge < -0.3 is 4.98 Å². The molecule has 6 rings (SSSR count). The Kier molecular flexibility index (Phi) is 4.28. The Morgan fingerprint density at radius 2 is 1.82 bits per heavy atom. The number of pyridine rings is 4. The van der Waals surface area contributed by atoms with Crippen molar-refractivity contribution >= 4 is 33.0 Å². The fraction of sp³-hybridized carbons (Fsp3) is 0.0400. The summed E-state index contributed by atoms with van der Waals surface area (Å²) in [5.41, 5.74) is 2.23. The van der Waals surface area contributed by atoms with E-state index in [9.17, 15) is 18.0 Å². The van der Waals surface area contributed by atoms with Gasteiger partial charge in [-0.1, -0.05) is 6.07 Å². The second-order valence-electron chi connectivity index (χ2n) is 7.78. The monoisotopic (exact) mass is 457 g/mol. The van der Waals surface area contributed by atoms with Gasteiger partial charge in [-0.15, -0.1) is 0 Å². The zero-order valence-electron chi connectivity index (χ0n) is 17.3. The van der Waals surface area contributed by atoms with Crippen LogP contribution in [0.5, 0.6) is 0 Å². The Bertz CT molecular complexity index is 1790. The zero-order chi connectivity index (χ0) is 23.4. The average molecular weight is 457 g/mol. The number of nitrogens with one attached hydrogen (secondary N) is 1. The first-order chi connectivity index (χ1) is 16.4. The molecule has 9 heteroatoms. The summed E-state index contributed by atoms with van der Waals surface area (Å²) in [5, 5.41) is 1.45. The molecule has 0 fully saturated rings. The van der Waals surface area contributed by atoms with Crippen molar-refractivity contribution in [2.45, 2.75) is 6.18 Å². The molecule has 5 heterocycles. The lowest BCUT2D eigenvalue weighted by atomic mass is 10.1. The van der Waals surface area contributed by atoms with Gasteiger partial charge in [0.2, 0.25) is 0 Å². The van der Waals surface area contributed by atoms with Crippen LogP contribution in [0.4, 0.5) is 13.2 Å². The quantitative estimate of drug-likeness (QED) is 0.349. The van der Waals surface area contributed by atoms with Crippen molar-refractivity contribution in [3.05, 3.63) is 95.2 Å². The van der Waals surface area contributed by atoms with Gasteiger partial charge in [-0.2, -0.15) is 13.2 Å². The number of halogens is 3. The molecular weight excluding hydrogens is 443 g/mol. The summed E-state index contributed by atoms with van der Waals surface area (Å²) in [6.45, 7) is 0. The molecule has 0 aliphatic heterocycles. The van der Waals surface area contributed by atoms with Gasteiger partial charge in [0.15, 0.2) is 0 Å². The van der Waals surface area contributed by atoms with E-state index in [1.807, 2.05) is 18.2 Å². The molecule has 0 spiro atoms. The maximum absolute atomic E-state index is 13.4. The molecule has 166 valence electrons. The maximum atomic E-state index is 13.4. The molecular formula is C25H14F3N5O. The van der Waals surface area contributed by atoms with Crippen LogP contribution in [-0.4, -0.2) is 24.5 Å². The van der Waals surface area contributed by atoms with Crippen LogP contribution in [0, 0.1) is 0 Å². The van der Waals surface area contributed by atoms with Crippen molar-refractivity contribution in [3.63, 3.8) is 0 Å². The molecule has 6 aromatic rings. The average Bonchev–Trinajstić information content (AvgIpc) is 3.27. The SMILES string of the molecule is O=c1ccc2cnc3ccc(-c4c[nH]c5ncccc45)nc3c2n1-c1cccc(C(F)(F)F)c1. The summed E-state index contributed by atoms with van der Waals surface area (Å²) < 4.78 is 41.4. The second-order valence-corrected chi connectivity index (χ2v) is 7.78. The van der Waals surface area contributed by atoms with Gasteiger partial charge in [0.05, 0.1) is 22.3 Å². The summed E-state index contributed by atoms with van der Waals surface area (Å²) in [6.07, 6.45) is 0.521. The highest BCUT2D eigenvalue weighted by Crippen LogP contribution is 2.32. The van der Waals surface area contributed by atoms with E-state index >= 15 is 0 Å². The van der Waals surface area contributed by atoms with Gasteiger partial charge in [0, 0.05) is 46.7 Å².